The summed E-state index contributed by atoms with van der Waals surface area (Å²) in [4.78, 5) is 26.5. The van der Waals surface area contributed by atoms with Crippen molar-refractivity contribution in [2.45, 2.75) is 30.4 Å². The van der Waals surface area contributed by atoms with Crippen LogP contribution in [0, 0.1) is 0 Å². The fourth-order valence-electron chi connectivity index (χ4n) is 1.13. The number of hydrogen-bond acceptors (Lipinski definition) is 4. The molecule has 0 saturated heterocycles. The monoisotopic (exact) mass is 239 g/mol. The van der Waals surface area contributed by atoms with Crippen LogP contribution >= 0.6 is 11.8 Å². The number of aliphatic carboxylic acids is 1. The summed E-state index contributed by atoms with van der Waals surface area (Å²) in [6.07, 6.45) is 2.08. The van der Waals surface area contributed by atoms with Gasteiger partial charge >= 0.3 is 5.97 Å². The Morgan fingerprint density at radius 1 is 1.50 bits per heavy atom. The van der Waals surface area contributed by atoms with Crippen LogP contribution < -0.4 is 0 Å². The van der Waals surface area contributed by atoms with Crippen LogP contribution in [0.4, 0.5) is 0 Å². The van der Waals surface area contributed by atoms with Crippen molar-refractivity contribution in [3.8, 4) is 0 Å². The minimum atomic E-state index is -0.830. The third-order valence-corrected chi connectivity index (χ3v) is 3.35. The summed E-state index contributed by atoms with van der Waals surface area (Å²) in [5.41, 5.74) is 0.396. The minimum absolute atomic E-state index is 0.0955. The zero-order chi connectivity index (χ0) is 12.1. The highest BCUT2D eigenvalue weighted by Crippen LogP contribution is 2.24. The second-order valence-corrected chi connectivity index (χ2v) is 4.56. The number of Topliss-reactive ketones (excluding diaryl/α,β-unsaturated/α-hetero) is 1. The smallest absolute Gasteiger partial charge is 0.316 e. The molecule has 0 aliphatic rings. The van der Waals surface area contributed by atoms with Gasteiger partial charge in [-0.15, -0.1) is 11.8 Å². The molecule has 1 unspecified atom stereocenters. The lowest BCUT2D eigenvalue weighted by atomic mass is 10.3. The molecular weight excluding hydrogens is 226 g/mol. The van der Waals surface area contributed by atoms with Crippen LogP contribution in [-0.4, -0.2) is 27.1 Å². The molecule has 0 fully saturated rings. The van der Waals surface area contributed by atoms with Crippen molar-refractivity contribution >= 4 is 23.5 Å². The van der Waals surface area contributed by atoms with Gasteiger partial charge in [-0.05, 0) is 18.6 Å². The Kier molecular flexibility index (Phi) is 4.49. The number of nitrogens with zero attached hydrogens (tertiary/aromatic N) is 1. The van der Waals surface area contributed by atoms with Gasteiger partial charge in [-0.2, -0.15) is 0 Å². The van der Waals surface area contributed by atoms with E-state index in [2.05, 4.69) is 4.98 Å². The van der Waals surface area contributed by atoms with Crippen LogP contribution in [0.25, 0.3) is 0 Å². The molecule has 1 heterocycles. The number of aromatic nitrogens is 1. The van der Waals surface area contributed by atoms with Crippen molar-refractivity contribution in [1.29, 1.82) is 0 Å². The molecule has 1 aromatic rings. The zero-order valence-corrected chi connectivity index (χ0v) is 9.95. The first kappa shape index (κ1) is 12.7. The molecule has 1 aromatic heterocycles. The van der Waals surface area contributed by atoms with Gasteiger partial charge in [0, 0.05) is 18.0 Å². The Morgan fingerprint density at radius 3 is 2.56 bits per heavy atom. The lowest BCUT2D eigenvalue weighted by molar-refractivity contribution is -0.136. The number of pyridine rings is 1. The largest absolute Gasteiger partial charge is 0.480 e. The number of carbonyl (C=O) groups excluding carboxylic acids is 1. The third-order valence-electron chi connectivity index (χ3n) is 2.02. The second-order valence-electron chi connectivity index (χ2n) is 3.29. The quantitative estimate of drug-likeness (QED) is 0.630. The molecule has 0 radical (unpaired) electrons. The van der Waals surface area contributed by atoms with Gasteiger partial charge in [0.1, 0.15) is 10.9 Å². The van der Waals surface area contributed by atoms with Crippen molar-refractivity contribution in [2.75, 3.05) is 0 Å². The Morgan fingerprint density at radius 2 is 2.19 bits per heavy atom. The third kappa shape index (κ3) is 3.34. The first-order valence-corrected chi connectivity index (χ1v) is 5.79. The van der Waals surface area contributed by atoms with Gasteiger partial charge in [-0.3, -0.25) is 14.6 Å². The Labute approximate surface area is 98.1 Å². The molecule has 16 heavy (non-hydrogen) atoms. The number of carboxylic acid groups (broad SMARTS) is 1. The van der Waals surface area contributed by atoms with E-state index < -0.39 is 11.2 Å². The Balaban J connectivity index is 2.75. The van der Waals surface area contributed by atoms with Crippen molar-refractivity contribution < 1.29 is 14.7 Å². The van der Waals surface area contributed by atoms with Crippen molar-refractivity contribution in [1.82, 2.24) is 4.98 Å². The van der Waals surface area contributed by atoms with Gasteiger partial charge in [0.05, 0.1) is 0 Å². The molecule has 0 saturated carbocycles. The average molecular weight is 239 g/mol. The molecule has 1 rings (SSSR count). The van der Waals surface area contributed by atoms with Crippen LogP contribution in [0.3, 0.4) is 0 Å². The molecule has 1 N–H and O–H groups in total. The fraction of sp³-hybridized carbons (Fsp3) is 0.364. The van der Waals surface area contributed by atoms with Crippen LogP contribution in [0.5, 0.6) is 0 Å². The van der Waals surface area contributed by atoms with E-state index in [1.54, 1.807) is 12.1 Å². The maximum atomic E-state index is 11.0. The van der Waals surface area contributed by atoms with Gasteiger partial charge in [-0.25, -0.2) is 0 Å². The van der Waals surface area contributed by atoms with Gasteiger partial charge in [0.15, 0.2) is 5.78 Å². The molecule has 0 amide bonds. The maximum Gasteiger partial charge on any atom is 0.316 e. The van der Waals surface area contributed by atoms with Crippen molar-refractivity contribution in [2.24, 2.45) is 0 Å². The normalized spacial score (nSPS) is 12.1. The number of hydrogen-bond donors (Lipinski definition) is 1. The van der Waals surface area contributed by atoms with E-state index in [9.17, 15) is 9.59 Å². The second kappa shape index (κ2) is 5.65. The zero-order valence-electron chi connectivity index (χ0n) is 9.14. The number of rotatable bonds is 5. The van der Waals surface area contributed by atoms with Gasteiger partial charge < -0.3 is 5.11 Å². The van der Waals surface area contributed by atoms with E-state index in [1.807, 2.05) is 6.92 Å². The van der Waals surface area contributed by atoms with Gasteiger partial charge in [0.2, 0.25) is 0 Å². The fourth-order valence-corrected chi connectivity index (χ4v) is 1.99. The maximum absolute atomic E-state index is 11.0. The van der Waals surface area contributed by atoms with Crippen LogP contribution in [0.15, 0.2) is 23.2 Å². The SMILES string of the molecule is CCC(Sc1ccc(C(C)=O)nc1)C(=O)O. The minimum Gasteiger partial charge on any atom is -0.480 e. The Bertz CT molecular complexity index is 389. The predicted octanol–water partition coefficient (Wildman–Crippen LogP) is 2.24. The summed E-state index contributed by atoms with van der Waals surface area (Å²) in [5.74, 6) is -0.926. The first-order chi connectivity index (χ1) is 7.54. The number of thioether (sulfide) groups is 1. The summed E-state index contributed by atoms with van der Waals surface area (Å²) in [5, 5.41) is 8.41. The van der Waals surface area contributed by atoms with E-state index in [4.69, 9.17) is 5.11 Å². The van der Waals surface area contributed by atoms with Crippen LogP contribution in [-0.2, 0) is 4.79 Å². The van der Waals surface area contributed by atoms with E-state index in [0.29, 0.717) is 12.1 Å². The molecule has 4 nitrogen and oxygen atoms in total. The highest BCUT2D eigenvalue weighted by atomic mass is 32.2. The first-order valence-electron chi connectivity index (χ1n) is 4.91. The van der Waals surface area contributed by atoms with Crippen molar-refractivity contribution in [3.05, 3.63) is 24.0 Å². The lowest BCUT2D eigenvalue weighted by Crippen LogP contribution is -2.14. The van der Waals surface area contributed by atoms with E-state index in [-0.39, 0.29) is 5.78 Å². The average Bonchev–Trinajstić information content (AvgIpc) is 2.26. The summed E-state index contributed by atoms with van der Waals surface area (Å²) in [6.45, 7) is 3.27. The standard InChI is InChI=1S/C11H13NO3S/c1-3-10(11(14)15)16-8-4-5-9(7(2)13)12-6-8/h4-6,10H,3H2,1-2H3,(H,14,15). The molecule has 0 aliphatic heterocycles. The summed E-state index contributed by atoms with van der Waals surface area (Å²) < 4.78 is 0. The number of ketones is 1. The molecule has 5 heteroatoms. The predicted molar refractivity (Wildman–Crippen MR) is 61.8 cm³/mol. The molecule has 0 aliphatic carbocycles. The Hall–Kier alpha value is -1.36. The lowest BCUT2D eigenvalue weighted by Gasteiger charge is -2.08. The van der Waals surface area contributed by atoms with Gasteiger partial charge in [0.25, 0.3) is 0 Å². The highest BCUT2D eigenvalue weighted by Gasteiger charge is 2.16. The molecule has 86 valence electrons. The molecular formula is C11H13NO3S. The van der Waals surface area contributed by atoms with Crippen molar-refractivity contribution in [3.63, 3.8) is 0 Å². The number of carboxylic acids is 1. The highest BCUT2D eigenvalue weighted by molar-refractivity contribution is 8.00. The summed E-state index contributed by atoms with van der Waals surface area (Å²) in [6, 6.07) is 3.33. The molecule has 0 bridgehead atoms. The van der Waals surface area contributed by atoms with Crippen LogP contribution in [0.1, 0.15) is 30.8 Å². The molecule has 0 spiro atoms. The number of carbonyl (C=O) groups is 2. The van der Waals surface area contributed by atoms with Gasteiger partial charge in [-0.1, -0.05) is 6.92 Å². The summed E-state index contributed by atoms with van der Waals surface area (Å²) >= 11 is 1.24. The molecule has 0 aromatic carbocycles. The van der Waals surface area contributed by atoms with E-state index in [1.165, 1.54) is 24.9 Å². The summed E-state index contributed by atoms with van der Waals surface area (Å²) in [7, 11) is 0. The molecule has 1 atom stereocenters. The van der Waals surface area contributed by atoms with E-state index in [0.717, 1.165) is 4.90 Å². The topological polar surface area (TPSA) is 67.3 Å². The van der Waals surface area contributed by atoms with Crippen LogP contribution in [0.2, 0.25) is 0 Å². The van der Waals surface area contributed by atoms with E-state index >= 15 is 0 Å².